The van der Waals surface area contributed by atoms with Gasteiger partial charge >= 0.3 is 6.18 Å². The van der Waals surface area contributed by atoms with Gasteiger partial charge in [0.1, 0.15) is 0 Å². The zero-order valence-corrected chi connectivity index (χ0v) is 16.5. The van der Waals surface area contributed by atoms with Gasteiger partial charge in [0, 0.05) is 18.3 Å². The molecule has 0 aliphatic rings. The van der Waals surface area contributed by atoms with E-state index in [0.717, 1.165) is 46.9 Å². The van der Waals surface area contributed by atoms with Crippen LogP contribution >= 0.6 is 11.3 Å². The molecule has 0 bridgehead atoms. The van der Waals surface area contributed by atoms with Gasteiger partial charge in [-0.2, -0.15) is 13.2 Å². The third-order valence-electron chi connectivity index (χ3n) is 4.13. The van der Waals surface area contributed by atoms with Gasteiger partial charge in [0.15, 0.2) is 5.13 Å². The van der Waals surface area contributed by atoms with Gasteiger partial charge in [-0.05, 0) is 48.4 Å². The van der Waals surface area contributed by atoms with E-state index in [4.69, 9.17) is 0 Å². The van der Waals surface area contributed by atoms with Crippen molar-refractivity contribution in [3.63, 3.8) is 0 Å². The van der Waals surface area contributed by atoms with Gasteiger partial charge in [0.25, 0.3) is 0 Å². The van der Waals surface area contributed by atoms with Crippen LogP contribution in [-0.4, -0.2) is 17.4 Å². The number of amides is 1. The van der Waals surface area contributed by atoms with Crippen molar-refractivity contribution in [2.45, 2.75) is 25.9 Å². The van der Waals surface area contributed by atoms with Crippen LogP contribution in [0.15, 0.2) is 48.5 Å². The normalized spacial score (nSPS) is 11.9. The van der Waals surface area contributed by atoms with Crippen LogP contribution in [0.5, 0.6) is 0 Å². The van der Waals surface area contributed by atoms with Crippen LogP contribution in [0, 0.1) is 0 Å². The van der Waals surface area contributed by atoms with E-state index in [9.17, 15) is 18.0 Å². The molecule has 0 radical (unpaired) electrons. The molecule has 0 saturated carbocycles. The second kappa shape index (κ2) is 9.09. The number of fused-ring (bicyclic) bond motifs is 1. The lowest BCUT2D eigenvalue weighted by molar-refractivity contribution is -0.137. The number of carbonyl (C=O) groups excluding carboxylic acids is 1. The van der Waals surface area contributed by atoms with Gasteiger partial charge in [-0.25, -0.2) is 4.98 Å². The highest BCUT2D eigenvalue weighted by atomic mass is 32.1. The first kappa shape index (κ1) is 20.9. The molecule has 2 N–H and O–H groups in total. The monoisotopic (exact) mass is 419 g/mol. The Hall–Kier alpha value is -2.87. The molecule has 3 rings (SSSR count). The number of unbranched alkanes of at least 4 members (excludes halogenated alkanes) is 1. The summed E-state index contributed by atoms with van der Waals surface area (Å²) in [5.74, 6) is -0.366. The van der Waals surface area contributed by atoms with Crippen molar-refractivity contribution in [1.29, 1.82) is 0 Å². The van der Waals surface area contributed by atoms with Crippen molar-refractivity contribution in [2.75, 3.05) is 17.2 Å². The molecule has 8 heteroatoms. The summed E-state index contributed by atoms with van der Waals surface area (Å²) in [5.41, 5.74) is 1.27. The number of carbonyl (C=O) groups is 1. The lowest BCUT2D eigenvalue weighted by Crippen LogP contribution is -2.07. The van der Waals surface area contributed by atoms with Crippen LogP contribution in [0.3, 0.4) is 0 Å². The van der Waals surface area contributed by atoms with E-state index in [0.29, 0.717) is 11.3 Å². The Morgan fingerprint density at radius 2 is 1.93 bits per heavy atom. The molecule has 0 spiro atoms. The largest absolute Gasteiger partial charge is 0.416 e. The molecule has 1 heterocycles. The number of alkyl halides is 3. The quantitative estimate of drug-likeness (QED) is 0.355. The summed E-state index contributed by atoms with van der Waals surface area (Å²) in [6.07, 6.45) is 0.560. The molecule has 0 unspecified atom stereocenters. The first-order valence-electron chi connectivity index (χ1n) is 9.16. The molecule has 2 aromatic carbocycles. The van der Waals surface area contributed by atoms with Gasteiger partial charge in [0.2, 0.25) is 5.91 Å². The summed E-state index contributed by atoms with van der Waals surface area (Å²) in [6, 6.07) is 10.1. The highest BCUT2D eigenvalue weighted by Crippen LogP contribution is 2.30. The van der Waals surface area contributed by atoms with Gasteiger partial charge in [0.05, 0.1) is 15.8 Å². The summed E-state index contributed by atoms with van der Waals surface area (Å²) < 4.78 is 38.7. The van der Waals surface area contributed by atoms with Crippen LogP contribution < -0.4 is 10.6 Å². The number of thiazole rings is 1. The number of nitrogens with zero attached hydrogens (tertiary/aromatic N) is 1. The Morgan fingerprint density at radius 1 is 1.17 bits per heavy atom. The van der Waals surface area contributed by atoms with Crippen molar-refractivity contribution in [3.05, 3.63) is 59.7 Å². The van der Waals surface area contributed by atoms with E-state index in [1.165, 1.54) is 35.6 Å². The van der Waals surface area contributed by atoms with Gasteiger partial charge < -0.3 is 10.6 Å². The summed E-state index contributed by atoms with van der Waals surface area (Å²) in [7, 11) is 0. The number of nitrogens with one attached hydrogen (secondary N) is 2. The Kier molecular flexibility index (Phi) is 6.53. The molecule has 0 aliphatic heterocycles. The number of benzene rings is 2. The zero-order chi connectivity index (χ0) is 20.9. The fraction of sp³-hybridized carbons (Fsp3) is 0.238. The van der Waals surface area contributed by atoms with Crippen LogP contribution in [0.2, 0.25) is 0 Å². The molecule has 152 valence electrons. The summed E-state index contributed by atoms with van der Waals surface area (Å²) in [5, 5.41) is 6.89. The van der Waals surface area contributed by atoms with Crippen molar-refractivity contribution in [1.82, 2.24) is 4.98 Å². The van der Waals surface area contributed by atoms with Gasteiger partial charge in [-0.1, -0.05) is 36.8 Å². The van der Waals surface area contributed by atoms with E-state index in [-0.39, 0.29) is 5.91 Å². The molecule has 0 aliphatic carbocycles. The van der Waals surface area contributed by atoms with E-state index in [1.807, 2.05) is 12.1 Å². The maximum Gasteiger partial charge on any atom is 0.416 e. The number of hydrogen-bond acceptors (Lipinski definition) is 4. The highest BCUT2D eigenvalue weighted by Gasteiger charge is 2.29. The second-order valence-electron chi connectivity index (χ2n) is 6.42. The number of aromatic nitrogens is 1. The maximum atomic E-state index is 12.6. The van der Waals surface area contributed by atoms with Crippen molar-refractivity contribution in [2.24, 2.45) is 0 Å². The van der Waals surface area contributed by atoms with E-state index >= 15 is 0 Å². The van der Waals surface area contributed by atoms with Crippen LogP contribution in [0.1, 0.15) is 30.9 Å². The van der Waals surface area contributed by atoms with E-state index in [2.05, 4.69) is 22.5 Å². The average Bonchev–Trinajstić information content (AvgIpc) is 3.08. The Balaban J connectivity index is 1.62. The van der Waals surface area contributed by atoms with Crippen molar-refractivity contribution >= 4 is 44.4 Å². The number of hydrogen-bond donors (Lipinski definition) is 2. The molecule has 3 aromatic rings. The Labute approximate surface area is 170 Å². The molecule has 1 aromatic heterocycles. The number of anilines is 2. The van der Waals surface area contributed by atoms with E-state index < -0.39 is 11.7 Å². The molecule has 4 nitrogen and oxygen atoms in total. The molecular formula is C21H20F3N3OS. The summed E-state index contributed by atoms with van der Waals surface area (Å²) in [4.78, 5) is 16.6. The fourth-order valence-corrected chi connectivity index (χ4v) is 3.52. The predicted octanol–water partition coefficient (Wildman–Crippen LogP) is 6.18. The third-order valence-corrected chi connectivity index (χ3v) is 5.10. The molecular weight excluding hydrogens is 399 g/mol. The number of halogens is 3. The van der Waals surface area contributed by atoms with Crippen LogP contribution in [-0.2, 0) is 11.0 Å². The minimum Gasteiger partial charge on any atom is -0.361 e. The minimum absolute atomic E-state index is 0.366. The lowest BCUT2D eigenvalue weighted by atomic mass is 10.1. The molecule has 0 atom stereocenters. The van der Waals surface area contributed by atoms with Crippen LogP contribution in [0.25, 0.3) is 16.3 Å². The molecule has 1 amide bonds. The summed E-state index contributed by atoms with van der Waals surface area (Å²) >= 11 is 1.52. The topological polar surface area (TPSA) is 54.0 Å². The standard InChI is InChI=1S/C21H20F3N3OS/c1-2-3-12-25-20-27-17-10-9-16(13-18(17)29-20)26-19(28)11-6-14-4-7-15(8-5-14)21(22,23)24/h4-11,13H,2-3,12H2,1H3,(H,25,27)(H,26,28)/b11-6+. The van der Waals surface area contributed by atoms with Crippen molar-refractivity contribution < 1.29 is 18.0 Å². The third kappa shape index (κ3) is 5.80. The maximum absolute atomic E-state index is 12.6. The Morgan fingerprint density at radius 3 is 2.62 bits per heavy atom. The van der Waals surface area contributed by atoms with Gasteiger partial charge in [-0.3, -0.25) is 4.79 Å². The minimum atomic E-state index is -4.37. The smallest absolute Gasteiger partial charge is 0.361 e. The molecule has 0 saturated heterocycles. The van der Waals surface area contributed by atoms with E-state index in [1.54, 1.807) is 6.07 Å². The summed E-state index contributed by atoms with van der Waals surface area (Å²) in [6.45, 7) is 3.00. The van der Waals surface area contributed by atoms with Crippen LogP contribution in [0.4, 0.5) is 24.0 Å². The number of rotatable bonds is 7. The second-order valence-corrected chi connectivity index (χ2v) is 7.45. The molecule has 29 heavy (non-hydrogen) atoms. The fourth-order valence-electron chi connectivity index (χ4n) is 2.59. The zero-order valence-electron chi connectivity index (χ0n) is 15.7. The Bertz CT molecular complexity index is 1010. The van der Waals surface area contributed by atoms with Gasteiger partial charge in [-0.15, -0.1) is 0 Å². The SMILES string of the molecule is CCCCNc1nc2ccc(NC(=O)/C=C/c3ccc(C(F)(F)F)cc3)cc2s1. The highest BCUT2D eigenvalue weighted by molar-refractivity contribution is 7.22. The predicted molar refractivity (Wildman–Crippen MR) is 112 cm³/mol. The lowest BCUT2D eigenvalue weighted by Gasteiger charge is -2.06. The first-order chi connectivity index (χ1) is 13.8. The molecule has 0 fully saturated rings. The average molecular weight is 419 g/mol. The first-order valence-corrected chi connectivity index (χ1v) is 9.97. The van der Waals surface area contributed by atoms with Crippen molar-refractivity contribution in [3.8, 4) is 0 Å².